The van der Waals surface area contributed by atoms with Crippen molar-refractivity contribution in [2.45, 2.75) is 26.2 Å². The number of aromatic nitrogens is 2. The molecule has 1 aromatic carbocycles. The minimum atomic E-state index is -0.182. The normalized spacial score (nSPS) is 11.4. The summed E-state index contributed by atoms with van der Waals surface area (Å²) in [5.74, 6) is 0.705. The Morgan fingerprint density at radius 1 is 1.10 bits per heavy atom. The van der Waals surface area contributed by atoms with Crippen LogP contribution in [0, 0.1) is 0 Å². The molecule has 2 rings (SSSR count). The van der Waals surface area contributed by atoms with Gasteiger partial charge in [0.25, 0.3) is 5.56 Å². The summed E-state index contributed by atoms with van der Waals surface area (Å²) in [5, 5.41) is 0. The van der Waals surface area contributed by atoms with Crippen molar-refractivity contribution in [1.29, 1.82) is 0 Å². The van der Waals surface area contributed by atoms with Gasteiger partial charge in [0.2, 0.25) is 0 Å². The molecule has 106 valence electrons. The van der Waals surface area contributed by atoms with E-state index in [-0.39, 0.29) is 11.0 Å². The summed E-state index contributed by atoms with van der Waals surface area (Å²) in [7, 11) is 4.00. The first-order valence-corrected chi connectivity index (χ1v) is 6.67. The monoisotopic (exact) mass is 271 g/mol. The lowest BCUT2D eigenvalue weighted by Gasteiger charge is -2.18. The van der Waals surface area contributed by atoms with Crippen LogP contribution in [0.1, 0.15) is 26.6 Å². The van der Waals surface area contributed by atoms with Crippen LogP contribution in [0.15, 0.2) is 35.1 Å². The van der Waals surface area contributed by atoms with Crippen molar-refractivity contribution in [3.63, 3.8) is 0 Å². The first kappa shape index (κ1) is 14.3. The molecule has 20 heavy (non-hydrogen) atoms. The Hall–Kier alpha value is -2.10. The highest BCUT2D eigenvalue weighted by atomic mass is 16.1. The van der Waals surface area contributed by atoms with E-state index in [4.69, 9.17) is 0 Å². The molecule has 0 unspecified atom stereocenters. The average Bonchev–Trinajstić information content (AvgIpc) is 2.37. The predicted molar refractivity (Wildman–Crippen MR) is 83.3 cm³/mol. The second kappa shape index (κ2) is 5.12. The van der Waals surface area contributed by atoms with E-state index in [2.05, 4.69) is 9.97 Å². The smallest absolute Gasteiger partial charge is 0.251 e. The summed E-state index contributed by atoms with van der Waals surface area (Å²) >= 11 is 0. The number of hydrogen-bond donors (Lipinski definition) is 1. The summed E-state index contributed by atoms with van der Waals surface area (Å²) < 4.78 is 0. The zero-order valence-corrected chi connectivity index (χ0v) is 12.7. The molecule has 0 aliphatic rings. The van der Waals surface area contributed by atoms with Crippen LogP contribution in [-0.4, -0.2) is 24.1 Å². The summed E-state index contributed by atoms with van der Waals surface area (Å²) in [6.45, 7) is 6.10. The lowest BCUT2D eigenvalue weighted by Crippen LogP contribution is -2.21. The Labute approximate surface area is 119 Å². The van der Waals surface area contributed by atoms with E-state index in [0.717, 1.165) is 11.3 Å². The Balaban J connectivity index is 2.47. The summed E-state index contributed by atoms with van der Waals surface area (Å²) in [4.78, 5) is 21.2. The molecule has 0 amide bonds. The fourth-order valence-electron chi connectivity index (χ4n) is 1.89. The Morgan fingerprint density at radius 3 is 2.20 bits per heavy atom. The highest BCUT2D eigenvalue weighted by molar-refractivity contribution is 5.62. The first-order chi connectivity index (χ1) is 9.27. The number of aromatic amines is 1. The molecular weight excluding hydrogens is 250 g/mol. The fourth-order valence-corrected chi connectivity index (χ4v) is 1.89. The van der Waals surface area contributed by atoms with Crippen LogP contribution in [0.5, 0.6) is 0 Å². The molecule has 1 N–H and O–H groups in total. The maximum absolute atomic E-state index is 11.8. The van der Waals surface area contributed by atoms with Gasteiger partial charge in [0.05, 0.1) is 5.69 Å². The van der Waals surface area contributed by atoms with Gasteiger partial charge in [0.15, 0.2) is 0 Å². The van der Waals surface area contributed by atoms with Crippen LogP contribution in [0.2, 0.25) is 0 Å². The topological polar surface area (TPSA) is 49.0 Å². The Morgan fingerprint density at radius 2 is 1.70 bits per heavy atom. The standard InChI is InChI=1S/C16H21N3O/c1-16(2,3)15-17-13(10-14(20)18-15)11-6-8-12(9-7-11)19(4)5/h6-10H,1-5H3,(H,17,18,20). The molecule has 0 radical (unpaired) electrons. The van der Waals surface area contributed by atoms with Crippen LogP contribution in [-0.2, 0) is 5.41 Å². The molecule has 0 bridgehead atoms. The summed E-state index contributed by atoms with van der Waals surface area (Å²) in [6, 6.07) is 9.57. The molecule has 2 aromatic rings. The molecule has 0 fully saturated rings. The third-order valence-corrected chi connectivity index (χ3v) is 3.13. The zero-order valence-electron chi connectivity index (χ0n) is 12.7. The highest BCUT2D eigenvalue weighted by Crippen LogP contribution is 2.23. The van der Waals surface area contributed by atoms with Gasteiger partial charge in [-0.3, -0.25) is 4.79 Å². The third kappa shape index (κ3) is 3.07. The molecule has 4 heteroatoms. The molecule has 4 nitrogen and oxygen atoms in total. The molecule has 0 spiro atoms. The highest BCUT2D eigenvalue weighted by Gasteiger charge is 2.17. The summed E-state index contributed by atoms with van der Waals surface area (Å²) in [5.41, 5.74) is 2.49. The molecule has 1 aromatic heterocycles. The van der Waals surface area contributed by atoms with Crippen LogP contribution >= 0.6 is 0 Å². The van der Waals surface area contributed by atoms with Crippen molar-refractivity contribution in [3.8, 4) is 11.3 Å². The van der Waals surface area contributed by atoms with E-state index in [0.29, 0.717) is 11.5 Å². The maximum Gasteiger partial charge on any atom is 0.251 e. The van der Waals surface area contributed by atoms with Gasteiger partial charge < -0.3 is 9.88 Å². The van der Waals surface area contributed by atoms with Crippen LogP contribution in [0.25, 0.3) is 11.3 Å². The minimum absolute atomic E-state index is 0.114. The van der Waals surface area contributed by atoms with E-state index < -0.39 is 0 Å². The van der Waals surface area contributed by atoms with E-state index in [1.165, 1.54) is 0 Å². The largest absolute Gasteiger partial charge is 0.378 e. The van der Waals surface area contributed by atoms with Crippen molar-refractivity contribution in [2.75, 3.05) is 19.0 Å². The van der Waals surface area contributed by atoms with Gasteiger partial charge in [-0.15, -0.1) is 0 Å². The molecule has 0 saturated heterocycles. The number of H-pyrrole nitrogens is 1. The van der Waals surface area contributed by atoms with Gasteiger partial charge >= 0.3 is 0 Å². The van der Waals surface area contributed by atoms with Crippen molar-refractivity contribution in [1.82, 2.24) is 9.97 Å². The third-order valence-electron chi connectivity index (χ3n) is 3.13. The van der Waals surface area contributed by atoms with E-state index in [1.807, 2.05) is 64.0 Å². The minimum Gasteiger partial charge on any atom is -0.378 e. The van der Waals surface area contributed by atoms with Gasteiger partial charge in [-0.1, -0.05) is 32.9 Å². The molecule has 0 aliphatic heterocycles. The van der Waals surface area contributed by atoms with Crippen molar-refractivity contribution in [3.05, 3.63) is 46.5 Å². The van der Waals surface area contributed by atoms with Crippen LogP contribution < -0.4 is 10.5 Å². The fraction of sp³-hybridized carbons (Fsp3) is 0.375. The van der Waals surface area contributed by atoms with E-state index >= 15 is 0 Å². The second-order valence-electron chi connectivity index (χ2n) is 6.17. The molecule has 0 saturated carbocycles. The number of rotatable bonds is 2. The van der Waals surface area contributed by atoms with Crippen LogP contribution in [0.4, 0.5) is 5.69 Å². The van der Waals surface area contributed by atoms with Crippen molar-refractivity contribution in [2.24, 2.45) is 0 Å². The first-order valence-electron chi connectivity index (χ1n) is 6.67. The predicted octanol–water partition coefficient (Wildman–Crippen LogP) is 2.80. The Kier molecular flexibility index (Phi) is 3.66. The van der Waals surface area contributed by atoms with E-state index in [1.54, 1.807) is 6.07 Å². The van der Waals surface area contributed by atoms with Gasteiger partial charge in [-0.25, -0.2) is 4.98 Å². The van der Waals surface area contributed by atoms with Crippen molar-refractivity contribution >= 4 is 5.69 Å². The molecule has 1 heterocycles. The Bertz CT molecular complexity index is 649. The molecular formula is C16H21N3O. The van der Waals surface area contributed by atoms with Crippen molar-refractivity contribution < 1.29 is 0 Å². The van der Waals surface area contributed by atoms with Gasteiger partial charge in [-0.2, -0.15) is 0 Å². The number of anilines is 1. The number of benzene rings is 1. The quantitative estimate of drug-likeness (QED) is 0.913. The molecule has 0 atom stereocenters. The average molecular weight is 271 g/mol. The second-order valence-corrected chi connectivity index (χ2v) is 6.17. The lowest BCUT2D eigenvalue weighted by molar-refractivity contribution is 0.543. The number of nitrogens with one attached hydrogen (secondary N) is 1. The summed E-state index contributed by atoms with van der Waals surface area (Å²) in [6.07, 6.45) is 0. The SMILES string of the molecule is CN(C)c1ccc(-c2cc(=O)[nH]c(C(C)(C)C)n2)cc1. The molecule has 0 aliphatic carbocycles. The van der Waals surface area contributed by atoms with Gasteiger partial charge in [-0.05, 0) is 12.1 Å². The van der Waals surface area contributed by atoms with Gasteiger partial charge in [0, 0.05) is 36.8 Å². The lowest BCUT2D eigenvalue weighted by atomic mass is 9.95. The number of nitrogens with zero attached hydrogens (tertiary/aromatic N) is 2. The van der Waals surface area contributed by atoms with Crippen LogP contribution in [0.3, 0.4) is 0 Å². The maximum atomic E-state index is 11.8. The zero-order chi connectivity index (χ0) is 14.9. The number of hydrogen-bond acceptors (Lipinski definition) is 3. The van der Waals surface area contributed by atoms with E-state index in [9.17, 15) is 4.79 Å². The van der Waals surface area contributed by atoms with Gasteiger partial charge in [0.1, 0.15) is 5.82 Å².